The van der Waals surface area contributed by atoms with Crippen LogP contribution in [0.25, 0.3) is 21.5 Å². The number of fused-ring (bicyclic) bond motifs is 8. The van der Waals surface area contributed by atoms with Gasteiger partial charge in [0.1, 0.15) is 31.1 Å². The van der Waals surface area contributed by atoms with E-state index in [1.807, 2.05) is 0 Å². The molecule has 4 heterocycles. The highest BCUT2D eigenvalue weighted by molar-refractivity contribution is 7.94. The molecule has 56 heavy (non-hydrogen) atoms. The summed E-state index contributed by atoms with van der Waals surface area (Å²) in [6, 6.07) is 16.5. The van der Waals surface area contributed by atoms with Gasteiger partial charge in [0.25, 0.3) is 40.3 Å². The van der Waals surface area contributed by atoms with Crippen LogP contribution in [0.1, 0.15) is 11.1 Å². The van der Waals surface area contributed by atoms with Crippen molar-refractivity contribution in [2.24, 2.45) is 0 Å². The second-order valence-corrected chi connectivity index (χ2v) is 19.2. The molecule has 6 N–H and O–H groups in total. The van der Waals surface area contributed by atoms with Crippen LogP contribution < -0.4 is 19.2 Å². The van der Waals surface area contributed by atoms with Gasteiger partial charge in [-0.2, -0.15) is 16.8 Å². The molecule has 4 aliphatic rings. The normalized spacial score (nSPS) is 15.4. The van der Waals surface area contributed by atoms with Crippen molar-refractivity contribution in [1.29, 1.82) is 0 Å². The number of carbonyl (C=O) groups excluding carboxylic acids is 1. The summed E-state index contributed by atoms with van der Waals surface area (Å²) in [5, 5.41) is 25.0. The first-order valence-electron chi connectivity index (χ1n) is 16.0. The monoisotopic (exact) mass is 838 g/mol. The van der Waals surface area contributed by atoms with Crippen LogP contribution in [0.2, 0.25) is 0 Å². The summed E-state index contributed by atoms with van der Waals surface area (Å²) in [6.07, 6.45) is 0. The second kappa shape index (κ2) is 12.0. The number of urea groups is 1. The fourth-order valence-corrected chi connectivity index (χ4v) is 12.3. The number of phenols is 2. The van der Waals surface area contributed by atoms with Gasteiger partial charge in [-0.25, -0.2) is 30.2 Å². The van der Waals surface area contributed by atoms with Crippen LogP contribution in [0.4, 0.5) is 38.9 Å². The lowest BCUT2D eigenvalue weighted by Gasteiger charge is -2.35. The maximum atomic E-state index is 14.2. The molecule has 0 atom stereocenters. The van der Waals surface area contributed by atoms with Gasteiger partial charge in [0.15, 0.2) is 0 Å². The van der Waals surface area contributed by atoms with E-state index in [4.69, 9.17) is 0 Å². The summed E-state index contributed by atoms with van der Waals surface area (Å²) in [5.74, 6) is -0.989. The third-order valence-corrected chi connectivity index (χ3v) is 14.8. The number of aromatic hydroxyl groups is 2. The molecule has 0 spiro atoms. The largest absolute Gasteiger partial charge is 0.508 e. The van der Waals surface area contributed by atoms with Gasteiger partial charge < -0.3 is 20.8 Å². The highest BCUT2D eigenvalue weighted by Gasteiger charge is 2.41. The van der Waals surface area contributed by atoms with Crippen molar-refractivity contribution < 1.29 is 57.8 Å². The molecule has 17 nitrogen and oxygen atoms in total. The van der Waals surface area contributed by atoms with Crippen LogP contribution in [-0.4, -0.2) is 59.0 Å². The second-order valence-electron chi connectivity index (χ2n) is 12.9. The van der Waals surface area contributed by atoms with Crippen LogP contribution in [0.5, 0.6) is 11.5 Å². The van der Waals surface area contributed by atoms with Crippen molar-refractivity contribution in [3.63, 3.8) is 0 Å². The number of amides is 2. The maximum absolute atomic E-state index is 14.2. The smallest absolute Gasteiger partial charge is 0.323 e. The van der Waals surface area contributed by atoms with Crippen LogP contribution in [0, 0.1) is 13.8 Å². The summed E-state index contributed by atoms with van der Waals surface area (Å²) in [4.78, 5) is 11.3. The van der Waals surface area contributed by atoms with Gasteiger partial charge in [0.2, 0.25) is 0 Å². The van der Waals surface area contributed by atoms with Crippen molar-refractivity contribution in [1.82, 2.24) is 0 Å². The van der Waals surface area contributed by atoms with E-state index in [9.17, 15) is 57.8 Å². The Balaban J connectivity index is 1.18. The fraction of sp³-hybridized carbons (Fsp3) is 0.0571. The van der Waals surface area contributed by atoms with Gasteiger partial charge in [-0.15, -0.1) is 0 Å². The van der Waals surface area contributed by atoms with Crippen molar-refractivity contribution in [3.05, 3.63) is 96.1 Å². The number of nitrogens with one attached hydrogen (secondary N) is 2. The molecule has 0 saturated carbocycles. The molecular formula is C35H26N4O13S4. The fourth-order valence-electron chi connectivity index (χ4n) is 7.22. The first kappa shape index (κ1) is 37.0. The first-order chi connectivity index (χ1) is 26.1. The molecule has 0 fully saturated rings. The first-order valence-corrected chi connectivity index (χ1v) is 21.8. The van der Waals surface area contributed by atoms with E-state index in [0.717, 1.165) is 20.7 Å². The van der Waals surface area contributed by atoms with Gasteiger partial charge >= 0.3 is 6.03 Å². The number of phenolic OH excluding ortho intramolecular Hbond substituents is 2. The predicted octanol–water partition coefficient (Wildman–Crippen LogP) is 5.84. The minimum Gasteiger partial charge on any atom is -0.508 e. The van der Waals surface area contributed by atoms with Crippen molar-refractivity contribution in [2.45, 2.75) is 33.4 Å². The summed E-state index contributed by atoms with van der Waals surface area (Å²) in [7, 11) is -19.1. The Hall–Kier alpha value is -5.97. The van der Waals surface area contributed by atoms with Gasteiger partial charge in [-0.3, -0.25) is 9.11 Å². The summed E-state index contributed by atoms with van der Waals surface area (Å²) in [6.45, 7) is 2.98. The molecule has 0 saturated heterocycles. The zero-order chi connectivity index (χ0) is 40.4. The number of hydrogen-bond donors (Lipinski definition) is 6. The summed E-state index contributed by atoms with van der Waals surface area (Å²) in [5.41, 5.74) is -0.248. The molecular weight excluding hydrogens is 813 g/mol. The lowest BCUT2D eigenvalue weighted by molar-refractivity contribution is 0.262. The van der Waals surface area contributed by atoms with E-state index >= 15 is 0 Å². The molecule has 6 aromatic carbocycles. The quantitative estimate of drug-likeness (QED) is 0.108. The Morgan fingerprint density at radius 3 is 1.30 bits per heavy atom. The molecule has 2 amide bonds. The van der Waals surface area contributed by atoms with E-state index in [0.29, 0.717) is 0 Å². The molecule has 288 valence electrons. The highest BCUT2D eigenvalue weighted by Crippen LogP contribution is 2.51. The average Bonchev–Trinajstić information content (AvgIpc) is 3.09. The Morgan fingerprint density at radius 2 is 0.946 bits per heavy atom. The van der Waals surface area contributed by atoms with Gasteiger partial charge in [0, 0.05) is 22.9 Å². The number of benzene rings is 6. The maximum Gasteiger partial charge on any atom is 0.323 e. The van der Waals surface area contributed by atoms with Crippen molar-refractivity contribution in [2.75, 3.05) is 19.2 Å². The molecule has 6 aromatic rings. The summed E-state index contributed by atoms with van der Waals surface area (Å²) >= 11 is 0. The Bertz CT molecular complexity index is 3050. The van der Waals surface area contributed by atoms with Crippen LogP contribution in [0.15, 0.2) is 105 Å². The van der Waals surface area contributed by atoms with Crippen molar-refractivity contribution >= 4 is 102 Å². The van der Waals surface area contributed by atoms with Gasteiger partial charge in [0.05, 0.1) is 34.1 Å². The Labute approximate surface area is 318 Å². The molecule has 10 rings (SSSR count). The van der Waals surface area contributed by atoms with Crippen LogP contribution in [0.3, 0.4) is 0 Å². The standard InChI is InChI=1S/C35H26N4O13S4/c1-17-23-9-11-27(53(43,44)38(23)25-7-3-5-19-13-21(40)15-29(31(19)25)55(47,48)49)33(17)36-35(42)37-34-18(2)24-10-12-28(34)54(45,46)39(24)26-8-4-6-20-14-22(41)16-30(32(20)26)56(50,51)52/h3-16,40-41H,1-2H3,(H2,36,37,42)(H,47,48,49)(H,50,51,52). The Kier molecular flexibility index (Phi) is 7.93. The molecule has 0 radical (unpaired) electrons. The summed E-state index contributed by atoms with van der Waals surface area (Å²) < 4.78 is 128. The predicted molar refractivity (Wildman–Crippen MR) is 205 cm³/mol. The third kappa shape index (κ3) is 5.42. The van der Waals surface area contributed by atoms with E-state index in [1.54, 1.807) is 0 Å². The van der Waals surface area contributed by atoms with E-state index in [2.05, 4.69) is 10.6 Å². The van der Waals surface area contributed by atoms with E-state index < -0.39 is 77.4 Å². The topological polar surface area (TPSA) is 265 Å². The van der Waals surface area contributed by atoms with Crippen LogP contribution >= 0.6 is 0 Å². The number of hydrogen-bond acceptors (Lipinski definition) is 11. The van der Waals surface area contributed by atoms with Crippen molar-refractivity contribution in [3.8, 4) is 11.5 Å². The molecule has 0 aromatic heterocycles. The van der Waals surface area contributed by atoms with E-state index in [1.165, 1.54) is 86.6 Å². The highest BCUT2D eigenvalue weighted by atomic mass is 32.2. The Morgan fingerprint density at radius 1 is 0.571 bits per heavy atom. The minimum atomic E-state index is -4.97. The number of rotatable bonds is 6. The third-order valence-electron chi connectivity index (χ3n) is 9.55. The molecule has 0 aliphatic carbocycles. The SMILES string of the molecule is Cc1c2ccc(c1NC(=O)Nc1c3ccc(c1C)N(c1cccc4cc(O)cc(S(=O)(=O)O)c14)S3(=O)=O)S(=O)(=O)N2c1cccc2cc(O)cc(S(=O)(=O)O)c12. The lowest BCUT2D eigenvalue weighted by atomic mass is 10.1. The lowest BCUT2D eigenvalue weighted by Crippen LogP contribution is -2.35. The van der Waals surface area contributed by atoms with Gasteiger partial charge in [-0.05, 0) is 84.3 Å². The van der Waals surface area contributed by atoms with E-state index in [-0.39, 0.29) is 66.8 Å². The zero-order valence-electron chi connectivity index (χ0n) is 28.6. The van der Waals surface area contributed by atoms with Gasteiger partial charge in [-0.1, -0.05) is 24.3 Å². The molecule has 21 heteroatoms. The number of nitrogens with zero attached hydrogens (tertiary/aromatic N) is 2. The van der Waals surface area contributed by atoms with Crippen LogP contribution in [-0.2, 0) is 40.3 Å². The number of carbonyl (C=O) groups is 1. The molecule has 4 aliphatic heterocycles. The minimum absolute atomic E-state index is 0.00281. The molecule has 0 unspecified atom stereocenters. The number of sulfonamides is 2. The zero-order valence-corrected chi connectivity index (χ0v) is 31.8. The average molecular weight is 839 g/mol. The number of anilines is 6. The molecule has 4 bridgehead atoms.